The van der Waals surface area contributed by atoms with Crippen molar-refractivity contribution in [2.45, 2.75) is 13.3 Å². The number of aromatic amines is 2. The molecule has 5 N–H and O–H groups in total. The van der Waals surface area contributed by atoms with Crippen molar-refractivity contribution in [1.82, 2.24) is 19.9 Å². The monoisotopic (exact) mass is 412 g/mol. The number of aromatic nitrogens is 4. The lowest BCUT2D eigenvalue weighted by atomic mass is 10.1. The van der Waals surface area contributed by atoms with E-state index in [0.717, 1.165) is 50.8 Å². The van der Waals surface area contributed by atoms with Gasteiger partial charge in [0.05, 0.1) is 12.8 Å². The second kappa shape index (κ2) is 7.68. The molecular weight excluding hydrogens is 388 g/mol. The van der Waals surface area contributed by atoms with Crippen molar-refractivity contribution in [2.24, 2.45) is 0 Å². The maximum atomic E-state index is 6.21. The molecule has 0 radical (unpaired) electrons. The maximum Gasteiger partial charge on any atom is 0.225 e. The van der Waals surface area contributed by atoms with Crippen LogP contribution < -0.4 is 15.8 Å². The van der Waals surface area contributed by atoms with Gasteiger partial charge in [-0.3, -0.25) is 0 Å². The Bertz CT molecular complexity index is 1380. The number of nitrogen functional groups attached to an aromatic ring is 1. The largest absolute Gasteiger partial charge is 0.497 e. The van der Waals surface area contributed by atoms with E-state index in [-0.39, 0.29) is 0 Å². The first kappa shape index (κ1) is 19.0. The summed E-state index contributed by atoms with van der Waals surface area (Å²) in [5.74, 6) is 1.86. The number of H-pyrrole nitrogens is 2. The lowest BCUT2D eigenvalue weighted by molar-refractivity contribution is 0.415. The van der Waals surface area contributed by atoms with E-state index >= 15 is 0 Å². The average molecular weight is 412 g/mol. The van der Waals surface area contributed by atoms with Crippen molar-refractivity contribution in [3.8, 4) is 17.0 Å². The fourth-order valence-electron chi connectivity index (χ4n) is 3.90. The van der Waals surface area contributed by atoms with Gasteiger partial charge < -0.3 is 25.8 Å². The molecular formula is C24H24N6O. The van der Waals surface area contributed by atoms with E-state index in [1.165, 1.54) is 5.56 Å². The van der Waals surface area contributed by atoms with Gasteiger partial charge in [-0.1, -0.05) is 6.07 Å². The SMILES string of the molecule is COc1ccc2[nH]cc(CCNc3nc(N)c(C)c(-c4ccc5[nH]ccc5c4)n3)c2c1. The van der Waals surface area contributed by atoms with E-state index < -0.39 is 0 Å². The van der Waals surface area contributed by atoms with Gasteiger partial charge in [0.25, 0.3) is 0 Å². The zero-order valence-electron chi connectivity index (χ0n) is 17.5. The molecule has 0 fully saturated rings. The minimum absolute atomic E-state index is 0.485. The van der Waals surface area contributed by atoms with Gasteiger partial charge in [-0.2, -0.15) is 4.98 Å². The van der Waals surface area contributed by atoms with E-state index in [2.05, 4.69) is 44.5 Å². The molecule has 3 aromatic heterocycles. The lowest BCUT2D eigenvalue weighted by Gasteiger charge is -2.12. The van der Waals surface area contributed by atoms with Crippen molar-refractivity contribution in [2.75, 3.05) is 24.7 Å². The number of rotatable bonds is 6. The van der Waals surface area contributed by atoms with E-state index in [1.54, 1.807) is 7.11 Å². The van der Waals surface area contributed by atoms with E-state index in [9.17, 15) is 0 Å². The molecule has 7 heteroatoms. The molecule has 5 rings (SSSR count). The number of hydrogen-bond acceptors (Lipinski definition) is 5. The Morgan fingerprint density at radius 3 is 2.77 bits per heavy atom. The van der Waals surface area contributed by atoms with Gasteiger partial charge in [0.15, 0.2) is 0 Å². The van der Waals surface area contributed by atoms with Crippen LogP contribution >= 0.6 is 0 Å². The van der Waals surface area contributed by atoms with Crippen molar-refractivity contribution in [3.05, 3.63) is 66.0 Å². The molecule has 0 atom stereocenters. The molecule has 7 nitrogen and oxygen atoms in total. The van der Waals surface area contributed by atoms with E-state index in [4.69, 9.17) is 15.5 Å². The Morgan fingerprint density at radius 2 is 1.90 bits per heavy atom. The molecule has 2 aromatic carbocycles. The van der Waals surface area contributed by atoms with Crippen molar-refractivity contribution in [3.63, 3.8) is 0 Å². The Morgan fingerprint density at radius 1 is 1.03 bits per heavy atom. The molecule has 0 amide bonds. The van der Waals surface area contributed by atoms with Crippen molar-refractivity contribution >= 4 is 33.6 Å². The molecule has 0 spiro atoms. The fourth-order valence-corrected chi connectivity index (χ4v) is 3.90. The summed E-state index contributed by atoms with van der Waals surface area (Å²) in [5.41, 5.74) is 12.3. The summed E-state index contributed by atoms with van der Waals surface area (Å²) in [5, 5.41) is 5.63. The smallest absolute Gasteiger partial charge is 0.225 e. The molecule has 156 valence electrons. The quantitative estimate of drug-likeness (QED) is 0.325. The first-order valence-corrected chi connectivity index (χ1v) is 10.2. The fraction of sp³-hybridized carbons (Fsp3) is 0.167. The molecule has 0 aliphatic heterocycles. The van der Waals surface area contributed by atoms with Crippen LogP contribution in [0.1, 0.15) is 11.1 Å². The number of hydrogen-bond donors (Lipinski definition) is 4. The molecule has 0 aliphatic carbocycles. The summed E-state index contributed by atoms with van der Waals surface area (Å²) < 4.78 is 5.36. The molecule has 0 unspecified atom stereocenters. The number of nitrogens with one attached hydrogen (secondary N) is 3. The second-order valence-corrected chi connectivity index (χ2v) is 7.59. The highest BCUT2D eigenvalue weighted by Gasteiger charge is 2.12. The van der Waals surface area contributed by atoms with Gasteiger partial charge in [-0.25, -0.2) is 4.98 Å². The number of methoxy groups -OCH3 is 1. The number of ether oxygens (including phenoxy) is 1. The van der Waals surface area contributed by atoms with Crippen LogP contribution in [0, 0.1) is 6.92 Å². The van der Waals surface area contributed by atoms with Gasteiger partial charge in [0.2, 0.25) is 5.95 Å². The second-order valence-electron chi connectivity index (χ2n) is 7.59. The van der Waals surface area contributed by atoms with Crippen molar-refractivity contribution < 1.29 is 4.74 Å². The first-order chi connectivity index (χ1) is 15.1. The first-order valence-electron chi connectivity index (χ1n) is 10.2. The lowest BCUT2D eigenvalue weighted by Crippen LogP contribution is -2.10. The Labute approximate surface area is 179 Å². The number of nitrogens with two attached hydrogens (primary N) is 1. The highest BCUT2D eigenvalue weighted by molar-refractivity contribution is 5.86. The molecule has 31 heavy (non-hydrogen) atoms. The summed E-state index contributed by atoms with van der Waals surface area (Å²) in [6.45, 7) is 2.64. The summed E-state index contributed by atoms with van der Waals surface area (Å²) in [6.07, 6.45) is 4.78. The van der Waals surface area contributed by atoms with Crippen LogP contribution in [-0.2, 0) is 6.42 Å². The maximum absolute atomic E-state index is 6.21. The number of anilines is 2. The van der Waals surface area contributed by atoms with Crippen LogP contribution in [0.5, 0.6) is 5.75 Å². The van der Waals surface area contributed by atoms with Gasteiger partial charge >= 0.3 is 0 Å². The number of nitrogens with zero attached hydrogens (tertiary/aromatic N) is 2. The van der Waals surface area contributed by atoms with E-state index in [1.807, 2.05) is 37.5 Å². The average Bonchev–Trinajstić information content (AvgIpc) is 3.42. The van der Waals surface area contributed by atoms with Gasteiger partial charge in [0, 0.05) is 51.9 Å². The Kier molecular flexibility index (Phi) is 4.71. The summed E-state index contributed by atoms with van der Waals surface area (Å²) in [6, 6.07) is 14.3. The Hall–Kier alpha value is -4.00. The van der Waals surface area contributed by atoms with E-state index in [0.29, 0.717) is 18.3 Å². The predicted octanol–water partition coefficient (Wildman–Crippen LogP) is 4.66. The summed E-state index contributed by atoms with van der Waals surface area (Å²) >= 11 is 0. The van der Waals surface area contributed by atoms with Gasteiger partial charge in [0.1, 0.15) is 11.6 Å². The van der Waals surface area contributed by atoms with Crippen LogP contribution in [0.25, 0.3) is 33.1 Å². The molecule has 3 heterocycles. The topological polar surface area (TPSA) is 105 Å². The van der Waals surface area contributed by atoms with Crippen LogP contribution in [-0.4, -0.2) is 33.6 Å². The number of fused-ring (bicyclic) bond motifs is 2. The van der Waals surface area contributed by atoms with Crippen molar-refractivity contribution in [1.29, 1.82) is 0 Å². The highest BCUT2D eigenvalue weighted by atomic mass is 16.5. The molecule has 5 aromatic rings. The zero-order valence-corrected chi connectivity index (χ0v) is 17.5. The molecule has 0 aliphatic rings. The van der Waals surface area contributed by atoms with Gasteiger partial charge in [-0.05, 0) is 55.3 Å². The van der Waals surface area contributed by atoms with Crippen LogP contribution in [0.15, 0.2) is 54.9 Å². The van der Waals surface area contributed by atoms with Gasteiger partial charge in [-0.15, -0.1) is 0 Å². The summed E-state index contributed by atoms with van der Waals surface area (Å²) in [4.78, 5) is 15.7. The van der Waals surface area contributed by atoms with Crippen LogP contribution in [0.2, 0.25) is 0 Å². The minimum atomic E-state index is 0.485. The highest BCUT2D eigenvalue weighted by Crippen LogP contribution is 2.28. The third kappa shape index (κ3) is 3.54. The molecule has 0 bridgehead atoms. The standard InChI is InChI=1S/C24H24N6O/c1-14-22(16-3-5-20-15(11-16)7-9-26-20)29-24(30-23(14)25)27-10-8-17-13-28-21-6-4-18(31-2)12-19(17)21/h3-7,9,11-13,26,28H,8,10H2,1-2H3,(H3,25,27,29,30). The molecule has 0 saturated carbocycles. The predicted molar refractivity (Wildman–Crippen MR) is 126 cm³/mol. The third-order valence-corrected chi connectivity index (χ3v) is 5.66. The van der Waals surface area contributed by atoms with Crippen LogP contribution in [0.3, 0.4) is 0 Å². The third-order valence-electron chi connectivity index (χ3n) is 5.66. The zero-order chi connectivity index (χ0) is 21.4. The number of benzene rings is 2. The van der Waals surface area contributed by atoms with Crippen LogP contribution in [0.4, 0.5) is 11.8 Å². The minimum Gasteiger partial charge on any atom is -0.497 e. The summed E-state index contributed by atoms with van der Waals surface area (Å²) in [7, 11) is 1.68. The normalized spacial score (nSPS) is 11.3. The Balaban J connectivity index is 1.37. The molecule has 0 saturated heterocycles.